The molecule has 2 aliphatic rings. The molecule has 0 radical (unpaired) electrons. The number of morpholine rings is 1. The van der Waals surface area contributed by atoms with E-state index < -0.39 is 0 Å². The smallest absolute Gasteiger partial charge is 0.191 e. The van der Waals surface area contributed by atoms with Gasteiger partial charge in [-0.1, -0.05) is 0 Å². The number of aryl methyl sites for hydroxylation is 1. The van der Waals surface area contributed by atoms with Crippen LogP contribution in [-0.4, -0.2) is 58.0 Å². The summed E-state index contributed by atoms with van der Waals surface area (Å²) in [6.45, 7) is 5.39. The number of aromatic nitrogens is 3. The van der Waals surface area contributed by atoms with Crippen molar-refractivity contribution in [3.63, 3.8) is 0 Å². The van der Waals surface area contributed by atoms with Crippen molar-refractivity contribution in [3.05, 3.63) is 42.3 Å². The zero-order chi connectivity index (χ0) is 19.8. The monoisotopic (exact) mass is 392 g/mol. The van der Waals surface area contributed by atoms with Crippen LogP contribution in [-0.2, 0) is 16.0 Å². The number of pyridine rings is 2. The molecule has 7 heteroatoms. The Bertz CT molecular complexity index is 1040. The molecule has 0 bridgehead atoms. The Kier molecular flexibility index (Phi) is 4.85. The minimum atomic E-state index is 0.158. The zero-order valence-corrected chi connectivity index (χ0v) is 16.5. The second kappa shape index (κ2) is 7.65. The summed E-state index contributed by atoms with van der Waals surface area (Å²) in [5.41, 5.74) is 1.54. The molecule has 5 rings (SSSR count). The molecule has 0 amide bonds. The lowest BCUT2D eigenvalue weighted by Gasteiger charge is -2.43. The fourth-order valence-corrected chi connectivity index (χ4v) is 4.21. The number of ketones is 1. The van der Waals surface area contributed by atoms with Crippen molar-refractivity contribution in [2.45, 2.75) is 32.2 Å². The van der Waals surface area contributed by atoms with E-state index in [-0.39, 0.29) is 5.92 Å². The number of hydrogen-bond acceptors (Lipinski definition) is 7. The fraction of sp³-hybridized carbons (Fsp3) is 0.455. The number of fused-ring (bicyclic) bond motifs is 1. The van der Waals surface area contributed by atoms with Crippen molar-refractivity contribution in [3.8, 4) is 11.5 Å². The van der Waals surface area contributed by atoms with Gasteiger partial charge in [-0.3, -0.25) is 19.7 Å². The highest BCUT2D eigenvalue weighted by atomic mass is 16.5. The molecule has 1 aliphatic carbocycles. The minimum Gasteiger partial charge on any atom is -0.439 e. The van der Waals surface area contributed by atoms with E-state index in [0.29, 0.717) is 29.9 Å². The summed E-state index contributed by atoms with van der Waals surface area (Å²) in [6, 6.07) is 4.49. The van der Waals surface area contributed by atoms with Gasteiger partial charge in [0.1, 0.15) is 11.5 Å². The minimum absolute atomic E-state index is 0.158. The number of nitrogens with zero attached hydrogens (tertiary/aromatic N) is 4. The molecule has 1 saturated carbocycles. The number of carbonyl (C=O) groups is 1. The molecule has 4 heterocycles. The van der Waals surface area contributed by atoms with Crippen LogP contribution >= 0.6 is 0 Å². The van der Waals surface area contributed by atoms with Crippen molar-refractivity contribution in [2.75, 3.05) is 26.3 Å². The van der Waals surface area contributed by atoms with Gasteiger partial charge in [0.25, 0.3) is 0 Å². The van der Waals surface area contributed by atoms with E-state index in [1.54, 1.807) is 18.6 Å². The molecular weight excluding hydrogens is 368 g/mol. The van der Waals surface area contributed by atoms with Gasteiger partial charge in [-0.15, -0.1) is 0 Å². The lowest BCUT2D eigenvalue weighted by molar-refractivity contribution is -0.127. The number of carbonyl (C=O) groups excluding carboxylic acids is 1. The summed E-state index contributed by atoms with van der Waals surface area (Å²) in [6.07, 6.45) is 7.56. The van der Waals surface area contributed by atoms with E-state index in [4.69, 9.17) is 9.15 Å². The molecule has 3 aromatic rings. The van der Waals surface area contributed by atoms with E-state index >= 15 is 0 Å². The summed E-state index contributed by atoms with van der Waals surface area (Å²) >= 11 is 0. The molecule has 0 spiro atoms. The normalized spacial score (nSPS) is 22.5. The Labute approximate surface area is 169 Å². The third-order valence-corrected chi connectivity index (χ3v) is 6.02. The lowest BCUT2D eigenvalue weighted by atomic mass is 9.75. The third-order valence-electron chi connectivity index (χ3n) is 6.02. The maximum absolute atomic E-state index is 12.7. The zero-order valence-electron chi connectivity index (χ0n) is 16.5. The summed E-state index contributed by atoms with van der Waals surface area (Å²) in [7, 11) is 0. The predicted molar refractivity (Wildman–Crippen MR) is 107 cm³/mol. The second-order valence-electron chi connectivity index (χ2n) is 7.95. The van der Waals surface area contributed by atoms with Gasteiger partial charge in [-0.05, 0) is 30.4 Å². The predicted octanol–water partition coefficient (Wildman–Crippen LogP) is 2.82. The van der Waals surface area contributed by atoms with Crippen LogP contribution in [0.25, 0.3) is 22.2 Å². The van der Waals surface area contributed by atoms with Crippen LogP contribution in [0.5, 0.6) is 0 Å². The van der Waals surface area contributed by atoms with Crippen LogP contribution in [0.15, 0.2) is 35.1 Å². The molecular formula is C22H24N4O3. The Morgan fingerprint density at radius 2 is 1.86 bits per heavy atom. The van der Waals surface area contributed by atoms with Gasteiger partial charge in [-0.2, -0.15) is 0 Å². The summed E-state index contributed by atoms with van der Waals surface area (Å²) in [4.78, 5) is 28.2. The number of Topliss-reactive ketones (excluding diaryl/α,β-unsaturated/α-hetero) is 1. The van der Waals surface area contributed by atoms with Gasteiger partial charge >= 0.3 is 0 Å². The van der Waals surface area contributed by atoms with Gasteiger partial charge in [0, 0.05) is 61.9 Å². The van der Waals surface area contributed by atoms with E-state index in [1.165, 1.54) is 0 Å². The molecule has 150 valence electrons. The molecule has 0 atom stereocenters. The van der Waals surface area contributed by atoms with Crippen LogP contribution in [0.1, 0.15) is 24.4 Å². The molecule has 0 N–H and O–H groups in total. The standard InChI is InChI=1S/C22H24N4O3/c1-14-23-13-22(29-14)20-9-15-6-18(24-11-17(15)12-25-20)10-21(27)16-7-19(8-16)26-2-4-28-5-3-26/h6,9,11-13,16,19H,2-5,7-8,10H2,1H3. The van der Waals surface area contributed by atoms with Crippen molar-refractivity contribution in [2.24, 2.45) is 5.92 Å². The van der Waals surface area contributed by atoms with E-state index in [1.807, 2.05) is 19.1 Å². The molecule has 0 aromatic carbocycles. The third kappa shape index (κ3) is 3.80. The quantitative estimate of drug-likeness (QED) is 0.660. The molecule has 29 heavy (non-hydrogen) atoms. The highest BCUT2D eigenvalue weighted by molar-refractivity contribution is 5.87. The van der Waals surface area contributed by atoms with Crippen LogP contribution < -0.4 is 0 Å². The first-order chi connectivity index (χ1) is 14.2. The van der Waals surface area contributed by atoms with Crippen molar-refractivity contribution in [1.29, 1.82) is 0 Å². The maximum Gasteiger partial charge on any atom is 0.191 e. The van der Waals surface area contributed by atoms with E-state index in [9.17, 15) is 4.79 Å². The van der Waals surface area contributed by atoms with E-state index in [0.717, 1.165) is 61.3 Å². The van der Waals surface area contributed by atoms with Crippen molar-refractivity contribution < 1.29 is 13.9 Å². The van der Waals surface area contributed by atoms with Crippen molar-refractivity contribution >= 4 is 16.6 Å². The topological polar surface area (TPSA) is 81.4 Å². The average Bonchev–Trinajstić information content (AvgIpc) is 3.13. The Morgan fingerprint density at radius 1 is 1.07 bits per heavy atom. The van der Waals surface area contributed by atoms with Gasteiger partial charge in [0.2, 0.25) is 0 Å². The summed E-state index contributed by atoms with van der Waals surface area (Å²) in [5, 5.41) is 1.94. The van der Waals surface area contributed by atoms with Crippen LogP contribution in [0.3, 0.4) is 0 Å². The van der Waals surface area contributed by atoms with Gasteiger partial charge in [-0.25, -0.2) is 4.98 Å². The van der Waals surface area contributed by atoms with Crippen LogP contribution in [0.4, 0.5) is 0 Å². The highest BCUT2D eigenvalue weighted by Gasteiger charge is 2.38. The van der Waals surface area contributed by atoms with E-state index in [2.05, 4.69) is 19.9 Å². The largest absolute Gasteiger partial charge is 0.439 e. The highest BCUT2D eigenvalue weighted by Crippen LogP contribution is 2.33. The molecule has 1 saturated heterocycles. The number of hydrogen-bond donors (Lipinski definition) is 0. The first-order valence-electron chi connectivity index (χ1n) is 10.2. The molecule has 0 unspecified atom stereocenters. The second-order valence-corrected chi connectivity index (χ2v) is 7.95. The molecule has 1 aliphatic heterocycles. The maximum atomic E-state index is 12.7. The van der Waals surface area contributed by atoms with Crippen LogP contribution in [0.2, 0.25) is 0 Å². The van der Waals surface area contributed by atoms with Gasteiger partial charge < -0.3 is 9.15 Å². The Morgan fingerprint density at radius 3 is 2.62 bits per heavy atom. The summed E-state index contributed by atoms with van der Waals surface area (Å²) in [5.74, 6) is 1.70. The van der Waals surface area contributed by atoms with Gasteiger partial charge in [0.15, 0.2) is 11.7 Å². The molecule has 7 nitrogen and oxygen atoms in total. The molecule has 2 fully saturated rings. The summed E-state index contributed by atoms with van der Waals surface area (Å²) < 4.78 is 11.0. The molecule has 3 aromatic heterocycles. The fourth-order valence-electron chi connectivity index (χ4n) is 4.21. The van der Waals surface area contributed by atoms with Crippen molar-refractivity contribution in [1.82, 2.24) is 19.9 Å². The van der Waals surface area contributed by atoms with Crippen LogP contribution in [0, 0.1) is 12.8 Å². The number of ether oxygens (including phenoxy) is 1. The Hall–Kier alpha value is -2.64. The first-order valence-corrected chi connectivity index (χ1v) is 10.2. The SMILES string of the molecule is Cc1ncc(-c2cc3cc(CC(=O)C4CC(N5CCOCC5)C4)ncc3cn2)o1. The number of oxazole rings is 1. The number of rotatable bonds is 5. The lowest BCUT2D eigenvalue weighted by Crippen LogP contribution is -2.51. The Balaban J connectivity index is 1.26. The van der Waals surface area contributed by atoms with Gasteiger partial charge in [0.05, 0.1) is 19.4 Å². The average molecular weight is 392 g/mol. The first kappa shape index (κ1) is 18.4.